The van der Waals surface area contributed by atoms with Crippen LogP contribution in [0.3, 0.4) is 0 Å². The second-order valence-corrected chi connectivity index (χ2v) is 33.8. The molecule has 0 radical (unpaired) electrons. The van der Waals surface area contributed by atoms with Crippen LogP contribution in [0.4, 0.5) is 0 Å². The predicted molar refractivity (Wildman–Crippen MR) is 301 cm³/mol. The number of halogens is 1. The first-order chi connectivity index (χ1) is 31.8. The van der Waals surface area contributed by atoms with Gasteiger partial charge in [0.2, 0.25) is 0 Å². The van der Waals surface area contributed by atoms with Gasteiger partial charge in [0.1, 0.15) is 5.78 Å². The molecule has 0 unspecified atom stereocenters. The first-order valence-electron chi connectivity index (χ1n) is 26.7. The van der Waals surface area contributed by atoms with Crippen molar-refractivity contribution in [2.24, 2.45) is 57.2 Å². The Balaban J connectivity index is 0.000000151. The number of hydrogen-bond acceptors (Lipinski definition) is 3. The van der Waals surface area contributed by atoms with E-state index in [1.165, 1.54) is 67.3 Å². The van der Waals surface area contributed by atoms with Crippen molar-refractivity contribution >= 4 is 42.5 Å². The van der Waals surface area contributed by atoms with Crippen LogP contribution < -0.4 is 15.9 Å². The van der Waals surface area contributed by atoms with Gasteiger partial charge in [-0.2, -0.15) is 0 Å². The smallest absolute Gasteiger partial charge is 0.139 e. The Hall–Kier alpha value is -2.62. The summed E-state index contributed by atoms with van der Waals surface area (Å²) in [4.78, 5) is 12.4. The Morgan fingerprint density at radius 3 is 1.36 bits per heavy atom. The van der Waals surface area contributed by atoms with E-state index in [9.17, 15) is 15.0 Å². The number of Topliss-reactive ketones (excluding diaryl/α,β-unsaturated/α-hetero) is 1. The summed E-state index contributed by atoms with van der Waals surface area (Å²) in [5, 5.41) is 22.6. The maximum Gasteiger partial charge on any atom is 0.139 e. The Kier molecular flexibility index (Phi) is 15.4. The van der Waals surface area contributed by atoms with Crippen LogP contribution in [0.2, 0.25) is 0 Å². The SMILES string of the molecule is C.C.C/C=C1/CC[C@H]2[C@@H]3CC[C@@H]4C[C@](C)(O)CC[C@]4(C)C3=CC[C@]12C.CCP(Br)(c1ccccc1)(c1ccccc1)c1ccccc1.C[C@@]1(O)CC[C@]2(C)C3=CC[C@]4(C)C(=O)CC[C@H]4[C@@H]3CC[C@@H]2C1. The van der Waals surface area contributed by atoms with Crippen LogP contribution in [0.15, 0.2) is 126 Å². The van der Waals surface area contributed by atoms with E-state index in [2.05, 4.69) is 173 Å². The molecular weight excluding hydrogens is 928 g/mol. The Labute approximate surface area is 428 Å². The molecule has 5 heteroatoms. The van der Waals surface area contributed by atoms with Gasteiger partial charge in [-0.3, -0.25) is 4.79 Å². The summed E-state index contributed by atoms with van der Waals surface area (Å²) in [5.74, 6) is 4.73. The maximum absolute atomic E-state index is 12.4. The Bertz CT molecular complexity index is 2280. The van der Waals surface area contributed by atoms with Crippen molar-refractivity contribution in [3.8, 4) is 0 Å². The second kappa shape index (κ2) is 19.7. The minimum Gasteiger partial charge on any atom is -0.390 e. The van der Waals surface area contributed by atoms with E-state index in [4.69, 9.17) is 0 Å². The van der Waals surface area contributed by atoms with Gasteiger partial charge in [0.15, 0.2) is 0 Å². The van der Waals surface area contributed by atoms with Gasteiger partial charge in [-0.1, -0.05) is 77.5 Å². The first-order valence-corrected chi connectivity index (χ1v) is 31.1. The van der Waals surface area contributed by atoms with Crippen LogP contribution in [-0.4, -0.2) is 33.4 Å². The van der Waals surface area contributed by atoms with E-state index in [0.29, 0.717) is 40.3 Å². The van der Waals surface area contributed by atoms with Gasteiger partial charge in [-0.25, -0.2) is 0 Å². The van der Waals surface area contributed by atoms with E-state index < -0.39 is 16.5 Å². The largest absolute Gasteiger partial charge is 0.390 e. The van der Waals surface area contributed by atoms with Crippen LogP contribution in [0, 0.1) is 57.2 Å². The summed E-state index contributed by atoms with van der Waals surface area (Å²) in [6.45, 7) is 18.3. The average Bonchev–Trinajstić information content (AvgIpc) is 3.84. The molecule has 0 saturated heterocycles. The van der Waals surface area contributed by atoms with E-state index in [0.717, 1.165) is 69.4 Å². The third kappa shape index (κ3) is 8.94. The second-order valence-electron chi connectivity index (χ2n) is 24.6. The van der Waals surface area contributed by atoms with Crippen molar-refractivity contribution in [3.63, 3.8) is 0 Å². The van der Waals surface area contributed by atoms with Crippen LogP contribution >= 0.6 is 20.8 Å². The van der Waals surface area contributed by atoms with Gasteiger partial charge < -0.3 is 10.2 Å². The van der Waals surface area contributed by atoms with Crippen LogP contribution in [0.5, 0.6) is 0 Å². The standard InChI is InChI=1S/C22H34O.C20H20BrP.C20H30O2.2CH4/c1-5-15-7-9-18-17-8-6-16-14-20(2,23)12-13-22(16,4)19(17)10-11-21(15,18)3;1-2-22(21,18-12-6-3-7-13-18,19-14-8-4-9-15-19)20-16-10-5-11-17-20;1-18(22)10-11-19(2)13(12-18)4-5-14-15-6-7-17(21)20(15,3)9-8-16(14)19;;/h5,10,16-18,23H,6-9,11-14H2,1-4H3;3-17H,2H2,1H3;8,13-15,22H,4-7,9-12H2,1-3H3;2*1H4/b15-5-;;;;/t16-,17+,18+,20-,21-,22+;;13-,14+,15+,18-,19+,20+;;/m1.1../s1. The molecular formula is C64H92BrO3P. The summed E-state index contributed by atoms with van der Waals surface area (Å²) in [6, 6.07) is 32.7. The van der Waals surface area contributed by atoms with Crippen molar-refractivity contribution in [3.05, 3.63) is 126 Å². The van der Waals surface area contributed by atoms with Crippen molar-refractivity contribution in [2.45, 2.75) is 184 Å². The normalized spacial score (nSPS) is 39.6. The molecule has 0 aliphatic heterocycles. The zero-order valence-corrected chi connectivity index (χ0v) is 45.0. The molecule has 8 aliphatic carbocycles. The molecule has 0 aromatic heterocycles. The number of carbonyl (C=O) groups excluding carboxylic acids is 1. The molecule has 12 atom stereocenters. The minimum atomic E-state index is -2.59. The fraction of sp³-hybridized carbons (Fsp3) is 0.609. The molecule has 0 spiro atoms. The number of hydrogen-bond donors (Lipinski definition) is 2. The predicted octanol–water partition coefficient (Wildman–Crippen LogP) is 16.0. The molecule has 6 fully saturated rings. The number of allylic oxidation sites excluding steroid dienone is 6. The number of rotatable bonds is 4. The molecule has 11 rings (SSSR count). The van der Waals surface area contributed by atoms with Crippen LogP contribution in [0.25, 0.3) is 0 Å². The zero-order chi connectivity index (χ0) is 47.7. The molecule has 0 amide bonds. The molecule has 3 aromatic rings. The van der Waals surface area contributed by atoms with Crippen LogP contribution in [0.1, 0.15) is 173 Å². The topological polar surface area (TPSA) is 57.5 Å². The summed E-state index contributed by atoms with van der Waals surface area (Å²) in [5.41, 5.74) is 5.29. The third-order valence-corrected chi connectivity index (χ3v) is 31.5. The molecule has 69 heavy (non-hydrogen) atoms. The molecule has 8 aliphatic rings. The van der Waals surface area contributed by atoms with Gasteiger partial charge in [-0.05, 0) is 169 Å². The van der Waals surface area contributed by atoms with Crippen molar-refractivity contribution < 1.29 is 15.0 Å². The average molecular weight is 1020 g/mol. The molecule has 0 heterocycles. The summed E-state index contributed by atoms with van der Waals surface area (Å²) in [6.07, 6.45) is 26.7. The van der Waals surface area contributed by atoms with Gasteiger partial charge in [0.25, 0.3) is 0 Å². The third-order valence-electron chi connectivity index (χ3n) is 21.0. The zero-order valence-electron chi connectivity index (χ0n) is 42.5. The van der Waals surface area contributed by atoms with E-state index in [1.54, 1.807) is 16.7 Å². The Morgan fingerprint density at radius 1 is 0.565 bits per heavy atom. The van der Waals surface area contributed by atoms with Crippen molar-refractivity contribution in [1.82, 2.24) is 0 Å². The summed E-state index contributed by atoms with van der Waals surface area (Å²) in [7, 11) is 0. The number of aliphatic hydroxyl groups is 2. The van der Waals surface area contributed by atoms with Gasteiger partial charge in [-0.15, -0.1) is 0 Å². The van der Waals surface area contributed by atoms with Gasteiger partial charge >= 0.3 is 141 Å². The molecule has 3 aromatic carbocycles. The van der Waals surface area contributed by atoms with E-state index in [1.807, 2.05) is 6.92 Å². The number of benzene rings is 3. The van der Waals surface area contributed by atoms with E-state index >= 15 is 0 Å². The van der Waals surface area contributed by atoms with Gasteiger partial charge in [0, 0.05) is 11.8 Å². The van der Waals surface area contributed by atoms with Crippen molar-refractivity contribution in [2.75, 3.05) is 6.16 Å². The molecule has 2 N–H and O–H groups in total. The van der Waals surface area contributed by atoms with E-state index in [-0.39, 0.29) is 25.7 Å². The first kappa shape index (κ1) is 54.2. The molecule has 0 bridgehead atoms. The molecule has 6 saturated carbocycles. The minimum absolute atomic E-state index is 0. The Morgan fingerprint density at radius 2 is 0.957 bits per heavy atom. The fourth-order valence-electron chi connectivity index (χ4n) is 16.7. The monoisotopic (exact) mass is 1020 g/mol. The fourth-order valence-corrected chi connectivity index (χ4v) is 23.2. The molecule has 378 valence electrons. The van der Waals surface area contributed by atoms with Gasteiger partial charge in [0.05, 0.1) is 11.2 Å². The summed E-state index contributed by atoms with van der Waals surface area (Å²) < 4.78 is 0. The number of ketones is 1. The number of fused-ring (bicyclic) bond motifs is 10. The van der Waals surface area contributed by atoms with Crippen LogP contribution in [-0.2, 0) is 4.79 Å². The molecule has 3 nitrogen and oxygen atoms in total. The quantitative estimate of drug-likeness (QED) is 0.202. The number of carbonyl (C=O) groups is 1. The summed E-state index contributed by atoms with van der Waals surface area (Å²) >= 11 is 4.35. The maximum atomic E-state index is 12.4. The van der Waals surface area contributed by atoms with Crippen molar-refractivity contribution in [1.29, 1.82) is 0 Å².